The zero-order chi connectivity index (χ0) is 19.6. The number of amides is 1. The van der Waals surface area contributed by atoms with Gasteiger partial charge in [-0.1, -0.05) is 47.9 Å². The molecule has 1 saturated heterocycles. The third kappa shape index (κ3) is 4.48. The summed E-state index contributed by atoms with van der Waals surface area (Å²) in [6, 6.07) is 9.08. The van der Waals surface area contributed by atoms with Gasteiger partial charge in [0.05, 0.1) is 11.7 Å². The third-order valence-corrected chi connectivity index (χ3v) is 6.58. The molecule has 158 valence electrons. The molecule has 1 aliphatic heterocycles. The summed E-state index contributed by atoms with van der Waals surface area (Å²) in [4.78, 5) is 12.9. The van der Waals surface area contributed by atoms with Crippen LogP contribution in [0.25, 0.3) is 0 Å². The van der Waals surface area contributed by atoms with Crippen LogP contribution in [0.1, 0.15) is 71.9 Å². The number of hydrogen-bond donors (Lipinski definition) is 2. The van der Waals surface area contributed by atoms with Gasteiger partial charge in [0.2, 0.25) is 0 Å². The Kier molecular flexibility index (Phi) is 6.96. The van der Waals surface area contributed by atoms with E-state index in [4.69, 9.17) is 0 Å². The number of aromatic nitrogens is 3. The van der Waals surface area contributed by atoms with Crippen LogP contribution in [-0.2, 0) is 5.41 Å². The molecule has 1 aromatic carbocycles. The average molecular weight is 418 g/mol. The number of hydrogen-bond acceptors (Lipinski definition) is 4. The minimum absolute atomic E-state index is 0. The van der Waals surface area contributed by atoms with Crippen LogP contribution >= 0.6 is 12.4 Å². The highest BCUT2D eigenvalue weighted by Gasteiger charge is 2.36. The van der Waals surface area contributed by atoms with Gasteiger partial charge < -0.3 is 10.6 Å². The molecule has 0 spiro atoms. The molecule has 1 saturated carbocycles. The first-order valence-corrected chi connectivity index (χ1v) is 10.6. The summed E-state index contributed by atoms with van der Waals surface area (Å²) in [5.74, 6) is -0.100. The maximum Gasteiger partial charge on any atom is 0.273 e. The van der Waals surface area contributed by atoms with Gasteiger partial charge in [-0.25, -0.2) is 4.68 Å². The van der Waals surface area contributed by atoms with E-state index in [0.717, 1.165) is 44.5 Å². The summed E-state index contributed by atoms with van der Waals surface area (Å²) in [5, 5.41) is 15.1. The monoisotopic (exact) mass is 417 g/mol. The lowest BCUT2D eigenvalue weighted by Crippen LogP contribution is -2.39. The van der Waals surface area contributed by atoms with Crippen LogP contribution in [0.4, 0.5) is 0 Å². The van der Waals surface area contributed by atoms with E-state index in [2.05, 4.69) is 52.1 Å². The highest BCUT2D eigenvalue weighted by Crippen LogP contribution is 2.41. The fraction of sp³-hybridized carbons (Fsp3) is 0.591. The summed E-state index contributed by atoms with van der Waals surface area (Å²) in [6.07, 6.45) is 6.74. The Labute approximate surface area is 179 Å². The molecule has 2 aromatic rings. The first kappa shape index (κ1) is 21.8. The van der Waals surface area contributed by atoms with Gasteiger partial charge in [-0.2, -0.15) is 0 Å². The maximum atomic E-state index is 12.9. The molecule has 0 unspecified atom stereocenters. The predicted molar refractivity (Wildman–Crippen MR) is 117 cm³/mol. The Balaban J connectivity index is 0.00000240. The van der Waals surface area contributed by atoms with Crippen molar-refractivity contribution in [2.24, 2.45) is 0 Å². The molecule has 1 amide bonds. The van der Waals surface area contributed by atoms with Crippen molar-refractivity contribution in [3.05, 3.63) is 46.8 Å². The number of piperidine rings is 1. The summed E-state index contributed by atoms with van der Waals surface area (Å²) >= 11 is 0. The van der Waals surface area contributed by atoms with Crippen molar-refractivity contribution in [2.45, 2.75) is 63.8 Å². The topological polar surface area (TPSA) is 71.8 Å². The number of carbonyl (C=O) groups is 1. The highest BCUT2D eigenvalue weighted by molar-refractivity contribution is 5.93. The molecule has 4 rings (SSSR count). The maximum absolute atomic E-state index is 12.9. The van der Waals surface area contributed by atoms with E-state index >= 15 is 0 Å². The minimum Gasteiger partial charge on any atom is -0.350 e. The number of nitrogens with one attached hydrogen (secondary N) is 2. The van der Waals surface area contributed by atoms with Crippen molar-refractivity contribution in [1.29, 1.82) is 0 Å². The summed E-state index contributed by atoms with van der Waals surface area (Å²) in [5.41, 5.74) is 4.01. The second kappa shape index (κ2) is 9.26. The number of benzene rings is 1. The van der Waals surface area contributed by atoms with E-state index in [0.29, 0.717) is 18.3 Å². The van der Waals surface area contributed by atoms with Gasteiger partial charge in [0, 0.05) is 12.0 Å². The summed E-state index contributed by atoms with van der Waals surface area (Å²) < 4.78 is 1.95. The SMILES string of the molecule is Cc1cccc(C2(CNC(=O)c3nnn(C4CCNCC4)c3C)CCCC2)c1.Cl. The zero-order valence-electron chi connectivity index (χ0n) is 17.4. The van der Waals surface area contributed by atoms with Crippen LogP contribution in [-0.4, -0.2) is 40.5 Å². The van der Waals surface area contributed by atoms with E-state index in [1.807, 2.05) is 11.6 Å². The lowest BCUT2D eigenvalue weighted by Gasteiger charge is -2.30. The molecule has 0 atom stereocenters. The fourth-order valence-corrected chi connectivity index (χ4v) is 4.88. The van der Waals surface area contributed by atoms with Crippen molar-refractivity contribution >= 4 is 18.3 Å². The average Bonchev–Trinajstić information content (AvgIpc) is 3.34. The quantitative estimate of drug-likeness (QED) is 0.781. The standard InChI is InChI=1S/C22H31N5O.ClH/c1-16-6-5-7-18(14-16)22(10-3-4-11-22)15-24-21(28)20-17(2)27(26-25-20)19-8-12-23-13-9-19;/h5-7,14,19,23H,3-4,8-13,15H2,1-2H3,(H,24,28);1H. The van der Waals surface area contributed by atoms with Crippen LogP contribution in [0.15, 0.2) is 24.3 Å². The van der Waals surface area contributed by atoms with Crippen LogP contribution in [0.3, 0.4) is 0 Å². The lowest BCUT2D eigenvalue weighted by atomic mass is 9.78. The van der Waals surface area contributed by atoms with Gasteiger partial charge in [0.25, 0.3) is 5.91 Å². The molecule has 2 heterocycles. The van der Waals surface area contributed by atoms with Crippen molar-refractivity contribution in [3.8, 4) is 0 Å². The smallest absolute Gasteiger partial charge is 0.273 e. The normalized spacial score (nSPS) is 19.0. The molecule has 1 aliphatic carbocycles. The lowest BCUT2D eigenvalue weighted by molar-refractivity contribution is 0.0937. The molecule has 0 bridgehead atoms. The predicted octanol–water partition coefficient (Wildman–Crippen LogP) is 3.48. The summed E-state index contributed by atoms with van der Waals surface area (Å²) in [7, 11) is 0. The molecular weight excluding hydrogens is 386 g/mol. The largest absolute Gasteiger partial charge is 0.350 e. The first-order valence-electron chi connectivity index (χ1n) is 10.6. The fourth-order valence-electron chi connectivity index (χ4n) is 4.88. The number of rotatable bonds is 5. The van der Waals surface area contributed by atoms with Crippen LogP contribution in [0, 0.1) is 13.8 Å². The van der Waals surface area contributed by atoms with Crippen LogP contribution in [0.5, 0.6) is 0 Å². The van der Waals surface area contributed by atoms with Crippen molar-refractivity contribution in [1.82, 2.24) is 25.6 Å². The van der Waals surface area contributed by atoms with Gasteiger partial charge in [-0.3, -0.25) is 4.79 Å². The number of aryl methyl sites for hydroxylation is 1. The van der Waals surface area contributed by atoms with E-state index in [1.54, 1.807) is 0 Å². The van der Waals surface area contributed by atoms with Crippen LogP contribution in [0.2, 0.25) is 0 Å². The van der Waals surface area contributed by atoms with E-state index in [9.17, 15) is 4.79 Å². The van der Waals surface area contributed by atoms with Gasteiger partial charge in [-0.15, -0.1) is 17.5 Å². The molecule has 0 radical (unpaired) electrons. The number of carbonyl (C=O) groups excluding carboxylic acids is 1. The first-order chi connectivity index (χ1) is 13.6. The molecule has 7 heteroatoms. The molecule has 1 aromatic heterocycles. The Hall–Kier alpha value is -1.92. The van der Waals surface area contributed by atoms with E-state index < -0.39 is 0 Å². The molecule has 29 heavy (non-hydrogen) atoms. The molecular formula is C22H32ClN5O. The Bertz CT molecular complexity index is 837. The van der Waals surface area contributed by atoms with Crippen molar-refractivity contribution < 1.29 is 4.79 Å². The molecule has 2 N–H and O–H groups in total. The summed E-state index contributed by atoms with van der Waals surface area (Å²) in [6.45, 7) is 6.74. The Morgan fingerprint density at radius 3 is 2.66 bits per heavy atom. The van der Waals surface area contributed by atoms with Gasteiger partial charge in [0.1, 0.15) is 0 Å². The third-order valence-electron chi connectivity index (χ3n) is 6.58. The van der Waals surface area contributed by atoms with Crippen molar-refractivity contribution in [3.63, 3.8) is 0 Å². The molecule has 6 nitrogen and oxygen atoms in total. The Morgan fingerprint density at radius 2 is 1.97 bits per heavy atom. The van der Waals surface area contributed by atoms with Crippen molar-refractivity contribution in [2.75, 3.05) is 19.6 Å². The number of nitrogens with zero attached hydrogens (tertiary/aromatic N) is 3. The second-order valence-electron chi connectivity index (χ2n) is 8.49. The molecule has 2 aliphatic rings. The van der Waals surface area contributed by atoms with Gasteiger partial charge in [0.15, 0.2) is 5.69 Å². The second-order valence-corrected chi connectivity index (χ2v) is 8.49. The number of halogens is 1. The van der Waals surface area contributed by atoms with E-state index in [1.165, 1.54) is 24.0 Å². The molecule has 2 fully saturated rings. The van der Waals surface area contributed by atoms with E-state index in [-0.39, 0.29) is 23.7 Å². The van der Waals surface area contributed by atoms with Gasteiger partial charge in [-0.05, 0) is 58.2 Å². The highest BCUT2D eigenvalue weighted by atomic mass is 35.5. The van der Waals surface area contributed by atoms with Crippen LogP contribution < -0.4 is 10.6 Å². The minimum atomic E-state index is -0.100. The van der Waals surface area contributed by atoms with Gasteiger partial charge >= 0.3 is 0 Å². The zero-order valence-corrected chi connectivity index (χ0v) is 18.2. The Morgan fingerprint density at radius 1 is 1.24 bits per heavy atom.